The van der Waals surface area contributed by atoms with Gasteiger partial charge in [-0.15, -0.1) is 0 Å². The van der Waals surface area contributed by atoms with Crippen LogP contribution in [0.15, 0.2) is 24.3 Å². The van der Waals surface area contributed by atoms with Gasteiger partial charge in [0, 0.05) is 12.2 Å². The predicted molar refractivity (Wildman–Crippen MR) is 86.9 cm³/mol. The number of para-hydroxylation sites is 1. The molecule has 0 aliphatic rings. The summed E-state index contributed by atoms with van der Waals surface area (Å²) in [6.45, 7) is 5.61. The van der Waals surface area contributed by atoms with Crippen LogP contribution in [0.25, 0.3) is 0 Å². The van der Waals surface area contributed by atoms with Gasteiger partial charge >= 0.3 is 0 Å². The summed E-state index contributed by atoms with van der Waals surface area (Å²) in [6.07, 6.45) is 12.2. The third kappa shape index (κ3) is 7.25. The van der Waals surface area contributed by atoms with E-state index in [2.05, 4.69) is 43.4 Å². The summed E-state index contributed by atoms with van der Waals surface area (Å²) in [5.41, 5.74) is 2.76. The molecule has 0 amide bonds. The van der Waals surface area contributed by atoms with Crippen LogP contribution in [0.4, 0.5) is 5.69 Å². The smallest absolute Gasteiger partial charge is 0.0372 e. The van der Waals surface area contributed by atoms with Crippen LogP contribution in [0.3, 0.4) is 0 Å². The molecule has 0 aliphatic carbocycles. The lowest BCUT2D eigenvalue weighted by Gasteiger charge is -2.10. The Hall–Kier alpha value is -0.980. The van der Waals surface area contributed by atoms with Crippen molar-refractivity contribution in [2.24, 2.45) is 0 Å². The van der Waals surface area contributed by atoms with E-state index < -0.39 is 0 Å². The van der Waals surface area contributed by atoms with E-state index in [-0.39, 0.29) is 0 Å². The molecule has 0 heterocycles. The Morgan fingerprint density at radius 1 is 0.789 bits per heavy atom. The molecule has 0 aromatic heterocycles. The summed E-state index contributed by atoms with van der Waals surface area (Å²) in [6, 6.07) is 8.66. The molecular weight excluding hydrogens is 230 g/mol. The first kappa shape index (κ1) is 16.1. The van der Waals surface area contributed by atoms with E-state index in [1.54, 1.807) is 0 Å². The third-order valence-electron chi connectivity index (χ3n) is 3.74. The van der Waals surface area contributed by atoms with Gasteiger partial charge in [-0.1, -0.05) is 77.0 Å². The minimum Gasteiger partial charge on any atom is -0.385 e. The Morgan fingerprint density at radius 3 is 2.11 bits per heavy atom. The molecule has 0 saturated heterocycles. The summed E-state index contributed by atoms with van der Waals surface area (Å²) in [4.78, 5) is 0. The Balaban J connectivity index is 2.01. The Bertz CT molecular complexity index is 319. The number of nitrogens with one attached hydrogen (secondary N) is 1. The van der Waals surface area contributed by atoms with Gasteiger partial charge in [-0.25, -0.2) is 0 Å². The quantitative estimate of drug-likeness (QED) is 0.496. The van der Waals surface area contributed by atoms with Crippen LogP contribution in [0.1, 0.15) is 70.8 Å². The van der Waals surface area contributed by atoms with Crippen molar-refractivity contribution in [2.75, 3.05) is 11.9 Å². The zero-order chi connectivity index (χ0) is 13.8. The van der Waals surface area contributed by atoms with Crippen LogP contribution in [0, 0.1) is 0 Å². The first-order valence-corrected chi connectivity index (χ1v) is 8.20. The topological polar surface area (TPSA) is 12.0 Å². The van der Waals surface area contributed by atoms with E-state index in [9.17, 15) is 0 Å². The first-order chi connectivity index (χ1) is 9.38. The summed E-state index contributed by atoms with van der Waals surface area (Å²) in [5, 5.41) is 3.58. The van der Waals surface area contributed by atoms with Crippen molar-refractivity contribution >= 4 is 5.69 Å². The van der Waals surface area contributed by atoms with Crippen molar-refractivity contribution in [3.05, 3.63) is 29.8 Å². The average Bonchev–Trinajstić information content (AvgIpc) is 2.46. The number of unbranched alkanes of at least 4 members (excludes halogenated alkanes) is 7. The van der Waals surface area contributed by atoms with Crippen LogP contribution in [0.2, 0.25) is 0 Å². The Kier molecular flexibility index (Phi) is 9.22. The highest BCUT2D eigenvalue weighted by atomic mass is 14.9. The van der Waals surface area contributed by atoms with E-state index in [0.717, 1.165) is 13.0 Å². The van der Waals surface area contributed by atoms with Crippen LogP contribution in [-0.4, -0.2) is 6.54 Å². The molecule has 0 bridgehead atoms. The van der Waals surface area contributed by atoms with E-state index in [1.165, 1.54) is 62.6 Å². The van der Waals surface area contributed by atoms with Crippen molar-refractivity contribution in [1.82, 2.24) is 0 Å². The fourth-order valence-electron chi connectivity index (χ4n) is 2.48. The van der Waals surface area contributed by atoms with E-state index in [4.69, 9.17) is 0 Å². The molecule has 1 nitrogen and oxygen atoms in total. The lowest BCUT2D eigenvalue weighted by Crippen LogP contribution is -2.03. The zero-order valence-corrected chi connectivity index (χ0v) is 12.9. The van der Waals surface area contributed by atoms with Crippen molar-refractivity contribution in [2.45, 2.75) is 71.6 Å². The molecule has 1 rings (SSSR count). The molecule has 108 valence electrons. The van der Waals surface area contributed by atoms with Crippen LogP contribution in [-0.2, 0) is 6.42 Å². The Morgan fingerprint density at radius 2 is 1.42 bits per heavy atom. The lowest BCUT2D eigenvalue weighted by atomic mass is 10.1. The highest BCUT2D eigenvalue weighted by Crippen LogP contribution is 2.15. The maximum absolute atomic E-state index is 3.58. The van der Waals surface area contributed by atoms with Crippen LogP contribution < -0.4 is 5.32 Å². The largest absolute Gasteiger partial charge is 0.385 e. The summed E-state index contributed by atoms with van der Waals surface area (Å²) >= 11 is 0. The second-order valence-electron chi connectivity index (χ2n) is 5.41. The number of anilines is 1. The highest BCUT2D eigenvalue weighted by Gasteiger charge is 1.98. The molecule has 0 saturated carbocycles. The van der Waals surface area contributed by atoms with E-state index in [1.807, 2.05) is 0 Å². The number of rotatable bonds is 11. The minimum atomic E-state index is 1.11. The average molecular weight is 261 g/mol. The lowest BCUT2D eigenvalue weighted by molar-refractivity contribution is 0.581. The maximum Gasteiger partial charge on any atom is 0.0372 e. The molecule has 0 radical (unpaired) electrons. The number of hydrogen-bond donors (Lipinski definition) is 1. The number of benzene rings is 1. The molecule has 0 spiro atoms. The standard InChI is InChI=1S/C18H31N/c1-3-5-6-7-8-9-10-13-16-19-18-15-12-11-14-17(18)4-2/h11-12,14-15,19H,3-10,13,16H2,1-2H3. The molecule has 1 aromatic carbocycles. The molecule has 1 heteroatoms. The van der Waals surface area contributed by atoms with E-state index in [0.29, 0.717) is 0 Å². The van der Waals surface area contributed by atoms with Gasteiger partial charge in [0.2, 0.25) is 0 Å². The summed E-state index contributed by atoms with van der Waals surface area (Å²) in [5.74, 6) is 0. The van der Waals surface area contributed by atoms with Gasteiger partial charge in [0.1, 0.15) is 0 Å². The van der Waals surface area contributed by atoms with Crippen molar-refractivity contribution in [3.63, 3.8) is 0 Å². The highest BCUT2D eigenvalue weighted by molar-refractivity contribution is 5.50. The fraction of sp³-hybridized carbons (Fsp3) is 0.667. The van der Waals surface area contributed by atoms with Gasteiger partial charge in [-0.05, 0) is 24.5 Å². The molecular formula is C18H31N. The molecule has 1 aromatic rings. The van der Waals surface area contributed by atoms with Gasteiger partial charge in [-0.2, -0.15) is 0 Å². The molecule has 0 atom stereocenters. The van der Waals surface area contributed by atoms with E-state index >= 15 is 0 Å². The monoisotopic (exact) mass is 261 g/mol. The molecule has 0 aliphatic heterocycles. The minimum absolute atomic E-state index is 1.11. The SMILES string of the molecule is CCCCCCCCCCNc1ccccc1CC. The summed E-state index contributed by atoms with van der Waals surface area (Å²) < 4.78 is 0. The maximum atomic E-state index is 3.58. The Labute approximate surface area is 119 Å². The molecule has 0 fully saturated rings. The zero-order valence-electron chi connectivity index (χ0n) is 12.9. The van der Waals surface area contributed by atoms with Gasteiger partial charge in [0.25, 0.3) is 0 Å². The molecule has 0 unspecified atom stereocenters. The van der Waals surface area contributed by atoms with Crippen molar-refractivity contribution in [3.8, 4) is 0 Å². The van der Waals surface area contributed by atoms with Crippen molar-refractivity contribution in [1.29, 1.82) is 0 Å². The number of aryl methyl sites for hydroxylation is 1. The van der Waals surface area contributed by atoms with Gasteiger partial charge in [0.15, 0.2) is 0 Å². The van der Waals surface area contributed by atoms with Gasteiger partial charge in [-0.3, -0.25) is 0 Å². The number of hydrogen-bond acceptors (Lipinski definition) is 1. The molecule has 19 heavy (non-hydrogen) atoms. The summed E-state index contributed by atoms with van der Waals surface area (Å²) in [7, 11) is 0. The van der Waals surface area contributed by atoms with Crippen LogP contribution in [0.5, 0.6) is 0 Å². The van der Waals surface area contributed by atoms with Crippen LogP contribution >= 0.6 is 0 Å². The second-order valence-corrected chi connectivity index (χ2v) is 5.41. The second kappa shape index (κ2) is 10.9. The van der Waals surface area contributed by atoms with Gasteiger partial charge < -0.3 is 5.32 Å². The normalized spacial score (nSPS) is 10.6. The third-order valence-corrected chi connectivity index (χ3v) is 3.74. The van der Waals surface area contributed by atoms with Crippen molar-refractivity contribution < 1.29 is 0 Å². The predicted octanol–water partition coefficient (Wildman–Crippen LogP) is 5.80. The fourth-order valence-corrected chi connectivity index (χ4v) is 2.48. The molecule has 1 N–H and O–H groups in total. The van der Waals surface area contributed by atoms with Gasteiger partial charge in [0.05, 0.1) is 0 Å². The first-order valence-electron chi connectivity index (χ1n) is 8.20.